The molecule has 1 aliphatic carbocycles. The van der Waals surface area contributed by atoms with E-state index in [2.05, 4.69) is 9.97 Å². The molecule has 0 saturated heterocycles. The molecule has 6 heteroatoms. The van der Waals surface area contributed by atoms with Crippen molar-refractivity contribution in [3.05, 3.63) is 53.9 Å². The van der Waals surface area contributed by atoms with Gasteiger partial charge in [-0.2, -0.15) is 0 Å². The number of nitrogens with zero attached hydrogens (tertiary/aromatic N) is 3. The molecular formula is C22H24N4O2. The maximum Gasteiger partial charge on any atom is 0.228 e. The van der Waals surface area contributed by atoms with Gasteiger partial charge in [0.15, 0.2) is 0 Å². The number of nitrogens with two attached hydrogens (primary N) is 1. The number of carbonyl (C=O) groups excluding carboxylic acids is 1. The highest BCUT2D eigenvalue weighted by atomic mass is 16.5. The van der Waals surface area contributed by atoms with Crippen LogP contribution in [-0.4, -0.2) is 30.0 Å². The van der Waals surface area contributed by atoms with Crippen LogP contribution in [0.15, 0.2) is 42.5 Å². The van der Waals surface area contributed by atoms with Crippen LogP contribution in [0.3, 0.4) is 0 Å². The number of ether oxygens (including phenoxy) is 1. The second-order valence-electron chi connectivity index (χ2n) is 7.36. The Morgan fingerprint density at radius 3 is 2.57 bits per heavy atom. The number of fused-ring (bicyclic) bond motifs is 1. The van der Waals surface area contributed by atoms with Crippen molar-refractivity contribution >= 4 is 28.3 Å². The zero-order valence-electron chi connectivity index (χ0n) is 16.4. The van der Waals surface area contributed by atoms with Crippen LogP contribution >= 0.6 is 0 Å². The van der Waals surface area contributed by atoms with Gasteiger partial charge in [0.2, 0.25) is 5.91 Å². The van der Waals surface area contributed by atoms with Gasteiger partial charge in [-0.15, -0.1) is 0 Å². The molecule has 1 aliphatic rings. The first-order valence-corrected chi connectivity index (χ1v) is 9.42. The highest BCUT2D eigenvalue weighted by Gasteiger charge is 2.46. The SMILES string of the molecule is COc1ccc(N(C)c2nc(C)nc3ccccc23)cc1C1(C(N)=O)CCC1. The van der Waals surface area contributed by atoms with Crippen LogP contribution in [0.5, 0.6) is 5.75 Å². The number of hydrogen-bond acceptors (Lipinski definition) is 5. The lowest BCUT2D eigenvalue weighted by molar-refractivity contribution is -0.126. The van der Waals surface area contributed by atoms with Crippen molar-refractivity contribution in [3.8, 4) is 5.75 Å². The molecule has 28 heavy (non-hydrogen) atoms. The van der Waals surface area contributed by atoms with E-state index in [0.29, 0.717) is 11.6 Å². The summed E-state index contributed by atoms with van der Waals surface area (Å²) >= 11 is 0. The number of anilines is 2. The monoisotopic (exact) mass is 376 g/mol. The van der Waals surface area contributed by atoms with E-state index in [-0.39, 0.29) is 5.91 Å². The standard InChI is InChI=1S/C22H24N4O2/c1-14-24-18-8-5-4-7-16(18)20(25-14)26(2)15-9-10-19(28-3)17(13-15)22(21(23)27)11-6-12-22/h4-5,7-10,13H,6,11-12H2,1-3H3,(H2,23,27). The number of aromatic nitrogens is 2. The topological polar surface area (TPSA) is 81.3 Å². The van der Waals surface area contributed by atoms with E-state index in [0.717, 1.165) is 47.2 Å². The van der Waals surface area contributed by atoms with Crippen LogP contribution in [-0.2, 0) is 10.2 Å². The maximum absolute atomic E-state index is 12.3. The highest BCUT2D eigenvalue weighted by Crippen LogP contribution is 2.48. The van der Waals surface area contributed by atoms with Gasteiger partial charge in [-0.3, -0.25) is 4.79 Å². The molecule has 1 fully saturated rings. The minimum absolute atomic E-state index is 0.291. The average molecular weight is 376 g/mol. The Kier molecular flexibility index (Phi) is 4.41. The number of aryl methyl sites for hydroxylation is 1. The fourth-order valence-electron chi connectivity index (χ4n) is 4.01. The van der Waals surface area contributed by atoms with Crippen LogP contribution < -0.4 is 15.4 Å². The third kappa shape index (κ3) is 2.76. The molecule has 144 valence electrons. The first kappa shape index (κ1) is 18.2. The number of methoxy groups -OCH3 is 1. The molecule has 0 atom stereocenters. The van der Waals surface area contributed by atoms with Crippen molar-refractivity contribution in [2.45, 2.75) is 31.6 Å². The van der Waals surface area contributed by atoms with Gasteiger partial charge >= 0.3 is 0 Å². The molecule has 0 spiro atoms. The fraction of sp³-hybridized carbons (Fsp3) is 0.318. The molecule has 2 aromatic carbocycles. The molecule has 1 heterocycles. The number of rotatable bonds is 5. The third-order valence-electron chi connectivity index (χ3n) is 5.78. The number of amides is 1. The predicted octanol–water partition coefficient (Wildman–Crippen LogP) is 3.62. The second kappa shape index (κ2) is 6.78. The van der Waals surface area contributed by atoms with Gasteiger partial charge in [0.25, 0.3) is 0 Å². The molecule has 1 amide bonds. The van der Waals surface area contributed by atoms with Crippen molar-refractivity contribution < 1.29 is 9.53 Å². The summed E-state index contributed by atoms with van der Waals surface area (Å²) in [5, 5.41) is 0.973. The summed E-state index contributed by atoms with van der Waals surface area (Å²) in [4.78, 5) is 23.5. The van der Waals surface area contributed by atoms with E-state index in [4.69, 9.17) is 10.5 Å². The highest BCUT2D eigenvalue weighted by molar-refractivity contribution is 5.92. The predicted molar refractivity (Wildman–Crippen MR) is 110 cm³/mol. The minimum Gasteiger partial charge on any atom is -0.496 e. The molecule has 0 radical (unpaired) electrons. The molecule has 1 aromatic heterocycles. The molecular weight excluding hydrogens is 352 g/mol. The van der Waals surface area contributed by atoms with Crippen LogP contribution in [0.25, 0.3) is 10.9 Å². The summed E-state index contributed by atoms with van der Waals surface area (Å²) < 4.78 is 5.56. The molecule has 4 rings (SSSR count). The molecule has 0 aliphatic heterocycles. The van der Waals surface area contributed by atoms with E-state index in [1.54, 1.807) is 7.11 Å². The Morgan fingerprint density at radius 1 is 1.18 bits per heavy atom. The minimum atomic E-state index is -0.647. The second-order valence-corrected chi connectivity index (χ2v) is 7.36. The Hall–Kier alpha value is -3.15. The molecule has 6 nitrogen and oxygen atoms in total. The van der Waals surface area contributed by atoms with Gasteiger partial charge in [-0.05, 0) is 50.1 Å². The van der Waals surface area contributed by atoms with E-state index in [1.165, 1.54) is 0 Å². The van der Waals surface area contributed by atoms with Crippen LogP contribution in [0.1, 0.15) is 30.7 Å². The normalized spacial score (nSPS) is 15.1. The lowest BCUT2D eigenvalue weighted by Gasteiger charge is -2.40. The number of carbonyl (C=O) groups is 1. The van der Waals surface area contributed by atoms with E-state index in [9.17, 15) is 4.79 Å². The smallest absolute Gasteiger partial charge is 0.228 e. The van der Waals surface area contributed by atoms with Gasteiger partial charge in [-0.25, -0.2) is 9.97 Å². The Bertz CT molecular complexity index is 1060. The third-order valence-corrected chi connectivity index (χ3v) is 5.78. The number of hydrogen-bond donors (Lipinski definition) is 1. The molecule has 0 unspecified atom stereocenters. The Balaban J connectivity index is 1.85. The van der Waals surface area contributed by atoms with Crippen molar-refractivity contribution in [2.24, 2.45) is 5.73 Å². The Morgan fingerprint density at radius 2 is 1.93 bits per heavy atom. The average Bonchev–Trinajstić information content (AvgIpc) is 2.65. The number of primary amides is 1. The van der Waals surface area contributed by atoms with Crippen molar-refractivity contribution in [2.75, 3.05) is 19.1 Å². The largest absolute Gasteiger partial charge is 0.496 e. The lowest BCUT2D eigenvalue weighted by Crippen LogP contribution is -2.47. The quantitative estimate of drug-likeness (QED) is 0.735. The van der Waals surface area contributed by atoms with Crippen molar-refractivity contribution in [1.29, 1.82) is 0 Å². The molecule has 1 saturated carbocycles. The summed E-state index contributed by atoms with van der Waals surface area (Å²) in [5.41, 5.74) is 7.82. The zero-order valence-corrected chi connectivity index (χ0v) is 16.4. The summed E-state index contributed by atoms with van der Waals surface area (Å²) in [6, 6.07) is 13.8. The first-order chi connectivity index (χ1) is 13.5. The molecule has 3 aromatic rings. The number of benzene rings is 2. The van der Waals surface area contributed by atoms with Crippen molar-refractivity contribution in [1.82, 2.24) is 9.97 Å². The number of para-hydroxylation sites is 1. The summed E-state index contributed by atoms with van der Waals surface area (Å²) in [6.45, 7) is 1.89. The first-order valence-electron chi connectivity index (χ1n) is 9.42. The zero-order chi connectivity index (χ0) is 19.9. The van der Waals surface area contributed by atoms with E-state index in [1.807, 2.05) is 61.3 Å². The van der Waals surface area contributed by atoms with E-state index >= 15 is 0 Å². The van der Waals surface area contributed by atoms with E-state index < -0.39 is 5.41 Å². The van der Waals surface area contributed by atoms with Gasteiger partial charge in [-0.1, -0.05) is 18.6 Å². The Labute approximate surface area is 164 Å². The lowest BCUT2D eigenvalue weighted by atomic mass is 9.63. The summed E-state index contributed by atoms with van der Waals surface area (Å²) in [7, 11) is 3.59. The molecule has 0 bridgehead atoms. The van der Waals surface area contributed by atoms with Gasteiger partial charge in [0.05, 0.1) is 18.0 Å². The summed E-state index contributed by atoms with van der Waals surface area (Å²) in [6.07, 6.45) is 2.49. The van der Waals surface area contributed by atoms with Crippen LogP contribution in [0.2, 0.25) is 0 Å². The summed E-state index contributed by atoms with van der Waals surface area (Å²) in [5.74, 6) is 1.93. The molecule has 2 N–H and O–H groups in total. The van der Waals surface area contributed by atoms with Crippen LogP contribution in [0.4, 0.5) is 11.5 Å². The van der Waals surface area contributed by atoms with Gasteiger partial charge in [0, 0.05) is 23.7 Å². The van der Waals surface area contributed by atoms with Gasteiger partial charge < -0.3 is 15.4 Å². The maximum atomic E-state index is 12.3. The van der Waals surface area contributed by atoms with Gasteiger partial charge in [0.1, 0.15) is 17.4 Å². The fourth-order valence-corrected chi connectivity index (χ4v) is 4.01. The van der Waals surface area contributed by atoms with Crippen LogP contribution in [0, 0.1) is 6.92 Å². The van der Waals surface area contributed by atoms with Crippen molar-refractivity contribution in [3.63, 3.8) is 0 Å².